The lowest BCUT2D eigenvalue weighted by molar-refractivity contribution is 0.209. The van der Waals surface area contributed by atoms with Gasteiger partial charge in [-0.3, -0.25) is 0 Å². The van der Waals surface area contributed by atoms with E-state index in [0.29, 0.717) is 6.04 Å². The van der Waals surface area contributed by atoms with Crippen LogP contribution in [0.4, 0.5) is 0 Å². The minimum absolute atomic E-state index is 0.484. The maximum absolute atomic E-state index is 9.05. The summed E-state index contributed by atoms with van der Waals surface area (Å²) in [5, 5.41) is 12.6. The highest BCUT2D eigenvalue weighted by molar-refractivity contribution is 5.34. The van der Waals surface area contributed by atoms with Gasteiger partial charge in [0, 0.05) is 31.9 Å². The number of aromatic nitrogens is 1. The summed E-state index contributed by atoms with van der Waals surface area (Å²) >= 11 is 0. The molecule has 20 heavy (non-hydrogen) atoms. The van der Waals surface area contributed by atoms with E-state index in [4.69, 9.17) is 5.26 Å². The summed E-state index contributed by atoms with van der Waals surface area (Å²) in [6.07, 6.45) is 4.07. The Bertz CT molecular complexity index is 477. The fourth-order valence-corrected chi connectivity index (χ4v) is 2.93. The van der Waals surface area contributed by atoms with Crippen LogP contribution in [0, 0.1) is 18.3 Å². The number of hydrogen-bond donors (Lipinski definition) is 1. The Balaban J connectivity index is 1.84. The number of nitrogens with zero attached hydrogens (tertiary/aromatic N) is 3. The van der Waals surface area contributed by atoms with E-state index in [0.717, 1.165) is 18.8 Å². The summed E-state index contributed by atoms with van der Waals surface area (Å²) in [5.74, 6) is 0. The van der Waals surface area contributed by atoms with Gasteiger partial charge < -0.3 is 14.8 Å². The number of nitrogens with one attached hydrogen (secondary N) is 1. The monoisotopic (exact) mass is 274 g/mol. The van der Waals surface area contributed by atoms with E-state index in [-0.39, 0.29) is 0 Å². The third-order valence-corrected chi connectivity index (χ3v) is 4.38. The van der Waals surface area contributed by atoms with E-state index < -0.39 is 0 Å². The molecule has 0 saturated carbocycles. The second kappa shape index (κ2) is 6.92. The first kappa shape index (κ1) is 15.1. The molecular formula is C16H26N4. The molecule has 2 heterocycles. The van der Waals surface area contributed by atoms with Crippen molar-refractivity contribution in [3.8, 4) is 6.07 Å². The van der Waals surface area contributed by atoms with E-state index in [2.05, 4.69) is 30.1 Å². The largest absolute Gasteiger partial charge is 0.340 e. The molecule has 1 saturated heterocycles. The van der Waals surface area contributed by atoms with Crippen molar-refractivity contribution < 1.29 is 0 Å². The minimum Gasteiger partial charge on any atom is -0.340 e. The van der Waals surface area contributed by atoms with Gasteiger partial charge in [0.2, 0.25) is 0 Å². The van der Waals surface area contributed by atoms with Crippen LogP contribution in [-0.2, 0) is 13.6 Å². The van der Waals surface area contributed by atoms with Gasteiger partial charge in [-0.2, -0.15) is 5.26 Å². The van der Waals surface area contributed by atoms with Gasteiger partial charge >= 0.3 is 0 Å². The molecule has 0 bridgehead atoms. The Hall–Kier alpha value is -1.31. The van der Waals surface area contributed by atoms with Crippen LogP contribution in [0.3, 0.4) is 0 Å². The van der Waals surface area contributed by atoms with Gasteiger partial charge in [-0.25, -0.2) is 0 Å². The average molecular weight is 274 g/mol. The van der Waals surface area contributed by atoms with E-state index in [1.165, 1.54) is 43.6 Å². The predicted molar refractivity (Wildman–Crippen MR) is 81.5 cm³/mol. The van der Waals surface area contributed by atoms with E-state index in [1.54, 1.807) is 0 Å². The number of likely N-dealkylation sites (tertiary alicyclic amines) is 1. The minimum atomic E-state index is 0.484. The highest BCUT2D eigenvalue weighted by Crippen LogP contribution is 2.14. The summed E-state index contributed by atoms with van der Waals surface area (Å²) in [7, 11) is 1.95. The Morgan fingerprint density at radius 2 is 2.05 bits per heavy atom. The lowest BCUT2D eigenvalue weighted by atomic mass is 10.1. The zero-order valence-electron chi connectivity index (χ0n) is 12.9. The first-order valence-corrected chi connectivity index (χ1v) is 7.63. The molecule has 0 aliphatic carbocycles. The predicted octanol–water partition coefficient (Wildman–Crippen LogP) is 2.17. The Morgan fingerprint density at radius 3 is 2.65 bits per heavy atom. The quantitative estimate of drug-likeness (QED) is 0.895. The van der Waals surface area contributed by atoms with E-state index in [9.17, 15) is 0 Å². The smallest absolute Gasteiger partial charge is 0.120 e. The topological polar surface area (TPSA) is 44.0 Å². The molecule has 0 aromatic carbocycles. The molecule has 0 radical (unpaired) electrons. The molecule has 110 valence electrons. The van der Waals surface area contributed by atoms with Crippen LogP contribution in [0.15, 0.2) is 6.07 Å². The van der Waals surface area contributed by atoms with Crippen molar-refractivity contribution in [2.45, 2.75) is 45.7 Å². The van der Waals surface area contributed by atoms with Gasteiger partial charge in [0.15, 0.2) is 0 Å². The maximum Gasteiger partial charge on any atom is 0.120 e. The molecule has 1 aliphatic heterocycles. The Morgan fingerprint density at radius 1 is 1.35 bits per heavy atom. The van der Waals surface area contributed by atoms with Gasteiger partial charge in [0.1, 0.15) is 11.8 Å². The van der Waals surface area contributed by atoms with Crippen LogP contribution in [0.25, 0.3) is 0 Å². The molecule has 1 aromatic rings. The molecule has 1 N–H and O–H groups in total. The molecular weight excluding hydrogens is 248 g/mol. The number of piperidine rings is 1. The molecule has 1 atom stereocenters. The van der Waals surface area contributed by atoms with Crippen LogP contribution in [0.1, 0.15) is 43.1 Å². The van der Waals surface area contributed by atoms with Crippen LogP contribution in [-0.4, -0.2) is 35.1 Å². The van der Waals surface area contributed by atoms with E-state index in [1.807, 2.05) is 17.7 Å². The van der Waals surface area contributed by atoms with Crippen molar-refractivity contribution in [1.29, 1.82) is 5.26 Å². The molecule has 1 aliphatic rings. The third kappa shape index (κ3) is 3.62. The summed E-state index contributed by atoms with van der Waals surface area (Å²) in [6.45, 7) is 8.78. The molecule has 2 rings (SSSR count). The maximum atomic E-state index is 9.05. The fourth-order valence-electron chi connectivity index (χ4n) is 2.93. The lowest BCUT2D eigenvalue weighted by Crippen LogP contribution is -2.41. The fraction of sp³-hybridized carbons (Fsp3) is 0.688. The van der Waals surface area contributed by atoms with Gasteiger partial charge in [-0.05, 0) is 51.4 Å². The molecule has 0 spiro atoms. The van der Waals surface area contributed by atoms with E-state index >= 15 is 0 Å². The van der Waals surface area contributed by atoms with Crippen molar-refractivity contribution in [3.63, 3.8) is 0 Å². The average Bonchev–Trinajstić information content (AvgIpc) is 2.73. The van der Waals surface area contributed by atoms with Crippen molar-refractivity contribution in [3.05, 3.63) is 23.0 Å². The molecule has 4 heteroatoms. The molecule has 1 unspecified atom stereocenters. The normalized spacial score (nSPS) is 17.9. The standard InChI is InChI=1S/C16H26N4/c1-13(12-20-7-5-4-6-8-20)18-11-15-9-16(10-17)19(3)14(15)2/h9,13,18H,4-8,11-12H2,1-3H3. The van der Waals surface area contributed by atoms with Crippen LogP contribution in [0.2, 0.25) is 0 Å². The molecule has 4 nitrogen and oxygen atoms in total. The van der Waals surface area contributed by atoms with Gasteiger partial charge in [0.05, 0.1) is 0 Å². The lowest BCUT2D eigenvalue weighted by Gasteiger charge is -2.29. The van der Waals surface area contributed by atoms with Crippen LogP contribution < -0.4 is 5.32 Å². The first-order valence-electron chi connectivity index (χ1n) is 7.63. The SMILES string of the molecule is Cc1c(CNC(C)CN2CCCCC2)cc(C#N)n1C. The van der Waals surface area contributed by atoms with Crippen molar-refractivity contribution in [1.82, 2.24) is 14.8 Å². The molecule has 1 fully saturated rings. The van der Waals surface area contributed by atoms with Crippen molar-refractivity contribution in [2.75, 3.05) is 19.6 Å². The number of rotatable bonds is 5. The Labute approximate surface area is 122 Å². The second-order valence-corrected chi connectivity index (χ2v) is 5.95. The molecule has 0 amide bonds. The first-order chi connectivity index (χ1) is 9.61. The Kier molecular flexibility index (Phi) is 5.22. The van der Waals surface area contributed by atoms with Crippen molar-refractivity contribution in [2.24, 2.45) is 7.05 Å². The molecule has 1 aromatic heterocycles. The van der Waals surface area contributed by atoms with Gasteiger partial charge in [-0.15, -0.1) is 0 Å². The highest BCUT2D eigenvalue weighted by Gasteiger charge is 2.14. The zero-order chi connectivity index (χ0) is 14.5. The summed E-state index contributed by atoms with van der Waals surface area (Å²) in [6, 6.07) is 4.72. The third-order valence-electron chi connectivity index (χ3n) is 4.38. The summed E-state index contributed by atoms with van der Waals surface area (Å²) < 4.78 is 1.96. The summed E-state index contributed by atoms with van der Waals surface area (Å²) in [4.78, 5) is 2.56. The zero-order valence-corrected chi connectivity index (χ0v) is 12.9. The second-order valence-electron chi connectivity index (χ2n) is 5.95. The summed E-state index contributed by atoms with van der Waals surface area (Å²) in [5.41, 5.74) is 3.15. The van der Waals surface area contributed by atoms with Crippen molar-refractivity contribution >= 4 is 0 Å². The van der Waals surface area contributed by atoms with Crippen LogP contribution >= 0.6 is 0 Å². The number of hydrogen-bond acceptors (Lipinski definition) is 3. The van der Waals surface area contributed by atoms with Crippen LogP contribution in [0.5, 0.6) is 0 Å². The highest BCUT2D eigenvalue weighted by atomic mass is 15.1. The van der Waals surface area contributed by atoms with Gasteiger partial charge in [-0.1, -0.05) is 6.42 Å². The number of nitriles is 1. The van der Waals surface area contributed by atoms with Gasteiger partial charge in [0.25, 0.3) is 0 Å².